The van der Waals surface area contributed by atoms with E-state index in [1.54, 1.807) is 6.92 Å². The Bertz CT molecular complexity index is 520. The van der Waals surface area contributed by atoms with Crippen molar-refractivity contribution < 1.29 is 13.2 Å². The minimum Gasteiger partial charge on any atom is -0.467 e. The van der Waals surface area contributed by atoms with Gasteiger partial charge in [0.15, 0.2) is 0 Å². The first kappa shape index (κ1) is 10.8. The van der Waals surface area contributed by atoms with Crippen LogP contribution in [0.2, 0.25) is 0 Å². The topological polar surface area (TPSA) is 39.2 Å². The van der Waals surface area contributed by atoms with Gasteiger partial charge in [0, 0.05) is 5.56 Å². The number of hydrogen-bond acceptors (Lipinski definition) is 2. The molecule has 0 aliphatic heterocycles. The maximum absolute atomic E-state index is 13.8. The van der Waals surface area contributed by atoms with E-state index < -0.39 is 11.6 Å². The maximum Gasteiger partial charge on any atom is 0.137 e. The van der Waals surface area contributed by atoms with E-state index in [1.807, 2.05) is 0 Å². The van der Waals surface area contributed by atoms with Crippen LogP contribution >= 0.6 is 0 Å². The van der Waals surface area contributed by atoms with E-state index >= 15 is 0 Å². The molecule has 84 valence electrons. The highest BCUT2D eigenvalue weighted by molar-refractivity contribution is 5.67. The first-order valence-corrected chi connectivity index (χ1v) is 4.86. The lowest BCUT2D eigenvalue weighted by Gasteiger charge is -2.06. The maximum atomic E-state index is 13.8. The Labute approximate surface area is 91.7 Å². The zero-order chi connectivity index (χ0) is 11.7. The minimum atomic E-state index is -0.612. The minimum absolute atomic E-state index is 0.0748. The van der Waals surface area contributed by atoms with Gasteiger partial charge in [-0.15, -0.1) is 0 Å². The third-order valence-electron chi connectivity index (χ3n) is 2.48. The normalized spacial score (nSPS) is 10.8. The van der Waals surface area contributed by atoms with Gasteiger partial charge >= 0.3 is 0 Å². The van der Waals surface area contributed by atoms with Gasteiger partial charge in [-0.05, 0) is 24.6 Å². The summed E-state index contributed by atoms with van der Waals surface area (Å²) in [6, 6.07) is 4.15. The average Bonchev–Trinajstić information content (AvgIpc) is 2.72. The van der Waals surface area contributed by atoms with E-state index in [2.05, 4.69) is 0 Å². The van der Waals surface area contributed by atoms with Gasteiger partial charge in [-0.1, -0.05) is 6.07 Å². The van der Waals surface area contributed by atoms with Gasteiger partial charge in [0.1, 0.15) is 17.4 Å². The largest absolute Gasteiger partial charge is 0.467 e. The van der Waals surface area contributed by atoms with Crippen molar-refractivity contribution >= 4 is 0 Å². The fraction of sp³-hybridized carbons (Fsp3) is 0.167. The van der Waals surface area contributed by atoms with Crippen molar-refractivity contribution in [3.63, 3.8) is 0 Å². The van der Waals surface area contributed by atoms with Gasteiger partial charge < -0.3 is 10.2 Å². The van der Waals surface area contributed by atoms with Gasteiger partial charge in [0.05, 0.1) is 18.4 Å². The highest BCUT2D eigenvalue weighted by atomic mass is 19.1. The Balaban J connectivity index is 2.68. The highest BCUT2D eigenvalue weighted by Gasteiger charge is 2.17. The average molecular weight is 223 g/mol. The molecule has 2 aromatic rings. The molecule has 1 aromatic heterocycles. The van der Waals surface area contributed by atoms with Gasteiger partial charge in [-0.25, -0.2) is 8.78 Å². The molecule has 16 heavy (non-hydrogen) atoms. The molecule has 0 amide bonds. The third kappa shape index (κ3) is 1.61. The van der Waals surface area contributed by atoms with E-state index in [0.29, 0.717) is 16.9 Å². The van der Waals surface area contributed by atoms with E-state index in [1.165, 1.54) is 24.5 Å². The molecule has 0 aliphatic rings. The van der Waals surface area contributed by atoms with Crippen LogP contribution in [0.25, 0.3) is 11.1 Å². The summed E-state index contributed by atoms with van der Waals surface area (Å²) in [6.45, 7) is 1.69. The summed E-state index contributed by atoms with van der Waals surface area (Å²) in [5, 5.41) is 0. The molecule has 2 rings (SSSR count). The smallest absolute Gasteiger partial charge is 0.137 e. The second-order valence-electron chi connectivity index (χ2n) is 3.51. The molecule has 0 atom stereocenters. The molecule has 0 radical (unpaired) electrons. The molecule has 2 nitrogen and oxygen atoms in total. The van der Waals surface area contributed by atoms with Crippen LogP contribution in [0.3, 0.4) is 0 Å². The SMILES string of the molecule is Cc1ccc(F)c(-c2ccoc2CN)c1F. The molecule has 0 unspecified atom stereocenters. The summed E-state index contributed by atoms with van der Waals surface area (Å²) in [7, 11) is 0. The summed E-state index contributed by atoms with van der Waals surface area (Å²) in [5.74, 6) is -0.807. The van der Waals surface area contributed by atoms with Crippen LogP contribution in [0.15, 0.2) is 28.9 Å². The zero-order valence-electron chi connectivity index (χ0n) is 8.76. The molecule has 1 aromatic carbocycles. The van der Waals surface area contributed by atoms with E-state index in [9.17, 15) is 8.78 Å². The van der Waals surface area contributed by atoms with Crippen LogP contribution in [-0.4, -0.2) is 0 Å². The quantitative estimate of drug-likeness (QED) is 0.850. The van der Waals surface area contributed by atoms with E-state index in [0.717, 1.165) is 0 Å². The van der Waals surface area contributed by atoms with Crippen LogP contribution < -0.4 is 5.73 Å². The number of halogens is 2. The first-order chi connectivity index (χ1) is 7.65. The summed E-state index contributed by atoms with van der Waals surface area (Å²) >= 11 is 0. The number of benzene rings is 1. The second kappa shape index (κ2) is 4.06. The van der Waals surface area contributed by atoms with Gasteiger partial charge in [-0.2, -0.15) is 0 Å². The van der Waals surface area contributed by atoms with Gasteiger partial charge in [0.25, 0.3) is 0 Å². The summed E-state index contributed by atoms with van der Waals surface area (Å²) in [5.41, 5.74) is 6.12. The van der Waals surface area contributed by atoms with Crippen LogP contribution in [0.4, 0.5) is 8.78 Å². The number of nitrogens with two attached hydrogens (primary N) is 1. The van der Waals surface area contributed by atoms with Crippen molar-refractivity contribution in [2.45, 2.75) is 13.5 Å². The van der Waals surface area contributed by atoms with Gasteiger partial charge in [-0.3, -0.25) is 0 Å². The van der Waals surface area contributed by atoms with Crippen molar-refractivity contribution in [2.75, 3.05) is 0 Å². The highest BCUT2D eigenvalue weighted by Crippen LogP contribution is 2.31. The monoisotopic (exact) mass is 223 g/mol. The number of hydrogen-bond donors (Lipinski definition) is 1. The van der Waals surface area contributed by atoms with Crippen LogP contribution in [0, 0.1) is 18.6 Å². The lowest BCUT2D eigenvalue weighted by molar-refractivity contribution is 0.512. The lowest BCUT2D eigenvalue weighted by atomic mass is 10.0. The van der Waals surface area contributed by atoms with E-state index in [-0.39, 0.29) is 12.1 Å². The fourth-order valence-electron chi connectivity index (χ4n) is 1.63. The summed E-state index contributed by atoms with van der Waals surface area (Å²) in [4.78, 5) is 0. The third-order valence-corrected chi connectivity index (χ3v) is 2.48. The molecule has 0 fully saturated rings. The van der Waals surface area contributed by atoms with Crippen molar-refractivity contribution in [1.29, 1.82) is 0 Å². The molecule has 0 spiro atoms. The number of aryl methyl sites for hydroxylation is 1. The molecular formula is C12H11F2NO. The van der Waals surface area contributed by atoms with Crippen LogP contribution in [-0.2, 0) is 6.54 Å². The lowest BCUT2D eigenvalue weighted by Crippen LogP contribution is -1.99. The van der Waals surface area contributed by atoms with Gasteiger partial charge in [0.2, 0.25) is 0 Å². The Hall–Kier alpha value is -1.68. The number of furan rings is 1. The molecule has 2 N–H and O–H groups in total. The molecule has 0 saturated heterocycles. The first-order valence-electron chi connectivity index (χ1n) is 4.86. The van der Waals surface area contributed by atoms with Crippen LogP contribution in [0.5, 0.6) is 0 Å². The predicted octanol–water partition coefficient (Wildman–Crippen LogP) is 2.99. The van der Waals surface area contributed by atoms with Crippen molar-refractivity contribution in [2.24, 2.45) is 5.73 Å². The Morgan fingerprint density at radius 3 is 2.69 bits per heavy atom. The predicted molar refractivity (Wildman–Crippen MR) is 56.7 cm³/mol. The Kier molecular flexibility index (Phi) is 2.75. The second-order valence-corrected chi connectivity index (χ2v) is 3.51. The molecule has 4 heteroatoms. The molecule has 0 saturated carbocycles. The Morgan fingerprint density at radius 1 is 1.25 bits per heavy atom. The number of rotatable bonds is 2. The zero-order valence-corrected chi connectivity index (χ0v) is 8.76. The van der Waals surface area contributed by atoms with Crippen molar-refractivity contribution in [1.82, 2.24) is 0 Å². The molecule has 0 aliphatic carbocycles. The standard InChI is InChI=1S/C12H11F2NO/c1-7-2-3-9(13)11(12(7)14)8-4-5-16-10(8)6-15/h2-5H,6,15H2,1H3. The van der Waals surface area contributed by atoms with Crippen molar-refractivity contribution in [3.05, 3.63) is 47.4 Å². The molecule has 1 heterocycles. The van der Waals surface area contributed by atoms with Crippen molar-refractivity contribution in [3.8, 4) is 11.1 Å². The summed E-state index contributed by atoms with van der Waals surface area (Å²) < 4.78 is 32.5. The fourth-order valence-corrected chi connectivity index (χ4v) is 1.63. The van der Waals surface area contributed by atoms with E-state index in [4.69, 9.17) is 10.2 Å². The summed E-state index contributed by atoms with van der Waals surface area (Å²) in [6.07, 6.45) is 1.37. The molecule has 0 bridgehead atoms. The molecular weight excluding hydrogens is 212 g/mol. The Morgan fingerprint density at radius 2 is 2.00 bits per heavy atom. The van der Waals surface area contributed by atoms with Crippen LogP contribution in [0.1, 0.15) is 11.3 Å².